The smallest absolute Gasteiger partial charge is 0.0642 e. The molecular weight excluding hydrogens is 198 g/mol. The summed E-state index contributed by atoms with van der Waals surface area (Å²) in [4.78, 5) is 2.35. The van der Waals surface area contributed by atoms with E-state index in [1.54, 1.807) is 0 Å². The summed E-state index contributed by atoms with van der Waals surface area (Å²) in [6.45, 7) is 5.70. The molecule has 2 nitrogen and oxygen atoms in total. The molecule has 0 atom stereocenters. The standard InChI is InChI=1S/C14H17NO/c1-2-3-4-13-5-7-14(8-6-13)15-9-11-16-12-10-15/h5-8H,2,9-12H2,1H3. The van der Waals surface area contributed by atoms with Gasteiger partial charge in [-0.25, -0.2) is 0 Å². The predicted molar refractivity (Wildman–Crippen MR) is 66.6 cm³/mol. The largest absolute Gasteiger partial charge is 0.378 e. The molecule has 0 amide bonds. The van der Waals surface area contributed by atoms with Gasteiger partial charge in [0.15, 0.2) is 0 Å². The van der Waals surface area contributed by atoms with Crippen LogP contribution in [0, 0.1) is 11.8 Å². The highest BCUT2D eigenvalue weighted by atomic mass is 16.5. The van der Waals surface area contributed by atoms with E-state index in [-0.39, 0.29) is 0 Å². The molecule has 0 aliphatic carbocycles. The zero-order valence-electron chi connectivity index (χ0n) is 9.70. The van der Waals surface area contributed by atoms with E-state index in [0.29, 0.717) is 0 Å². The SMILES string of the molecule is CCC#Cc1ccc(N2CCOCC2)cc1. The van der Waals surface area contributed by atoms with E-state index in [0.717, 1.165) is 38.3 Å². The van der Waals surface area contributed by atoms with Crippen LogP contribution in [-0.4, -0.2) is 26.3 Å². The first-order valence-corrected chi connectivity index (χ1v) is 5.82. The van der Waals surface area contributed by atoms with Gasteiger partial charge in [0.05, 0.1) is 13.2 Å². The summed E-state index contributed by atoms with van der Waals surface area (Å²) in [7, 11) is 0. The van der Waals surface area contributed by atoms with Gasteiger partial charge in [0, 0.05) is 30.8 Å². The van der Waals surface area contributed by atoms with Crippen LogP contribution in [0.4, 0.5) is 5.69 Å². The van der Waals surface area contributed by atoms with Crippen molar-refractivity contribution in [3.05, 3.63) is 29.8 Å². The van der Waals surface area contributed by atoms with Crippen molar-refractivity contribution in [3.8, 4) is 11.8 Å². The third kappa shape index (κ3) is 2.77. The predicted octanol–water partition coefficient (Wildman–Crippen LogP) is 2.28. The highest BCUT2D eigenvalue weighted by molar-refractivity contribution is 5.50. The monoisotopic (exact) mass is 215 g/mol. The third-order valence-corrected chi connectivity index (χ3v) is 2.65. The molecule has 1 aliphatic rings. The van der Waals surface area contributed by atoms with Crippen molar-refractivity contribution in [2.24, 2.45) is 0 Å². The van der Waals surface area contributed by atoms with Crippen LogP contribution in [0.3, 0.4) is 0 Å². The summed E-state index contributed by atoms with van der Waals surface area (Å²) >= 11 is 0. The maximum absolute atomic E-state index is 5.33. The summed E-state index contributed by atoms with van der Waals surface area (Å²) in [6.07, 6.45) is 0.908. The second-order valence-corrected chi connectivity index (χ2v) is 3.80. The summed E-state index contributed by atoms with van der Waals surface area (Å²) in [5.41, 5.74) is 2.37. The van der Waals surface area contributed by atoms with Crippen LogP contribution in [0.1, 0.15) is 18.9 Å². The fourth-order valence-electron chi connectivity index (χ4n) is 1.77. The van der Waals surface area contributed by atoms with E-state index in [9.17, 15) is 0 Å². The van der Waals surface area contributed by atoms with E-state index in [1.807, 2.05) is 0 Å². The van der Waals surface area contributed by atoms with Crippen molar-refractivity contribution in [3.63, 3.8) is 0 Å². The van der Waals surface area contributed by atoms with Gasteiger partial charge in [-0.1, -0.05) is 18.8 Å². The maximum atomic E-state index is 5.33. The number of ether oxygens (including phenoxy) is 1. The summed E-state index contributed by atoms with van der Waals surface area (Å²) in [6, 6.07) is 8.47. The van der Waals surface area contributed by atoms with E-state index in [4.69, 9.17) is 4.74 Å². The van der Waals surface area contributed by atoms with Crippen molar-refractivity contribution in [2.45, 2.75) is 13.3 Å². The van der Waals surface area contributed by atoms with E-state index in [2.05, 4.69) is 47.9 Å². The molecule has 0 unspecified atom stereocenters. The van der Waals surface area contributed by atoms with Crippen LogP contribution < -0.4 is 4.90 Å². The lowest BCUT2D eigenvalue weighted by molar-refractivity contribution is 0.122. The van der Waals surface area contributed by atoms with Crippen molar-refractivity contribution in [1.29, 1.82) is 0 Å². The minimum atomic E-state index is 0.831. The van der Waals surface area contributed by atoms with Gasteiger partial charge >= 0.3 is 0 Å². The third-order valence-electron chi connectivity index (χ3n) is 2.65. The molecule has 1 aliphatic heterocycles. The van der Waals surface area contributed by atoms with Crippen LogP contribution >= 0.6 is 0 Å². The van der Waals surface area contributed by atoms with E-state index < -0.39 is 0 Å². The average molecular weight is 215 g/mol. The minimum absolute atomic E-state index is 0.831. The Hall–Kier alpha value is -1.46. The van der Waals surface area contributed by atoms with Crippen LogP contribution in [0.5, 0.6) is 0 Å². The summed E-state index contributed by atoms with van der Waals surface area (Å²) in [5, 5.41) is 0. The maximum Gasteiger partial charge on any atom is 0.0642 e. The summed E-state index contributed by atoms with van der Waals surface area (Å²) in [5.74, 6) is 6.21. The molecule has 1 fully saturated rings. The fourth-order valence-corrected chi connectivity index (χ4v) is 1.77. The number of benzene rings is 1. The molecule has 0 bridgehead atoms. The Morgan fingerprint density at radius 2 is 1.88 bits per heavy atom. The molecule has 84 valence electrons. The lowest BCUT2D eigenvalue weighted by Gasteiger charge is -2.28. The van der Waals surface area contributed by atoms with Gasteiger partial charge in [-0.05, 0) is 24.3 Å². The number of hydrogen-bond donors (Lipinski definition) is 0. The number of anilines is 1. The average Bonchev–Trinajstić information content (AvgIpc) is 2.38. The van der Waals surface area contributed by atoms with Gasteiger partial charge in [0.2, 0.25) is 0 Å². The minimum Gasteiger partial charge on any atom is -0.378 e. The van der Waals surface area contributed by atoms with E-state index >= 15 is 0 Å². The van der Waals surface area contributed by atoms with Crippen LogP contribution in [0.2, 0.25) is 0 Å². The fraction of sp³-hybridized carbons (Fsp3) is 0.429. The molecular formula is C14H17NO. The number of rotatable bonds is 1. The van der Waals surface area contributed by atoms with Gasteiger partial charge in [-0.2, -0.15) is 0 Å². The topological polar surface area (TPSA) is 12.5 Å². The first-order chi connectivity index (χ1) is 7.90. The Morgan fingerprint density at radius 1 is 1.19 bits per heavy atom. The van der Waals surface area contributed by atoms with Gasteiger partial charge in [0.1, 0.15) is 0 Å². The molecule has 0 aromatic heterocycles. The molecule has 1 aromatic rings. The normalized spacial score (nSPS) is 15.4. The Labute approximate surface area is 97.2 Å². The first-order valence-electron chi connectivity index (χ1n) is 5.82. The van der Waals surface area contributed by atoms with Gasteiger partial charge in [0.25, 0.3) is 0 Å². The molecule has 1 saturated heterocycles. The molecule has 1 aromatic carbocycles. The van der Waals surface area contributed by atoms with Crippen LogP contribution in [0.25, 0.3) is 0 Å². The molecule has 0 N–H and O–H groups in total. The lowest BCUT2D eigenvalue weighted by atomic mass is 10.2. The van der Waals surface area contributed by atoms with Crippen molar-refractivity contribution < 1.29 is 4.74 Å². The van der Waals surface area contributed by atoms with Gasteiger partial charge < -0.3 is 9.64 Å². The number of nitrogens with zero attached hydrogens (tertiary/aromatic N) is 1. The van der Waals surface area contributed by atoms with Crippen molar-refractivity contribution in [2.75, 3.05) is 31.2 Å². The van der Waals surface area contributed by atoms with E-state index in [1.165, 1.54) is 5.69 Å². The Kier molecular flexibility index (Phi) is 3.85. The highest BCUT2D eigenvalue weighted by Gasteiger charge is 2.10. The first kappa shape index (κ1) is 11.0. The lowest BCUT2D eigenvalue weighted by Crippen LogP contribution is -2.36. The highest BCUT2D eigenvalue weighted by Crippen LogP contribution is 2.16. The Bertz CT molecular complexity index is 379. The molecule has 2 heteroatoms. The zero-order valence-corrected chi connectivity index (χ0v) is 9.70. The Morgan fingerprint density at radius 3 is 2.50 bits per heavy atom. The quantitative estimate of drug-likeness (QED) is 0.666. The molecule has 0 spiro atoms. The van der Waals surface area contributed by atoms with Crippen LogP contribution in [-0.2, 0) is 4.74 Å². The van der Waals surface area contributed by atoms with Gasteiger partial charge in [-0.15, -0.1) is 0 Å². The van der Waals surface area contributed by atoms with Crippen molar-refractivity contribution in [1.82, 2.24) is 0 Å². The Balaban J connectivity index is 2.06. The second kappa shape index (κ2) is 5.58. The molecule has 2 rings (SSSR count). The summed E-state index contributed by atoms with van der Waals surface area (Å²) < 4.78 is 5.33. The zero-order chi connectivity index (χ0) is 11.2. The number of morpholine rings is 1. The van der Waals surface area contributed by atoms with Gasteiger partial charge in [-0.3, -0.25) is 0 Å². The molecule has 0 radical (unpaired) electrons. The molecule has 1 heterocycles. The molecule has 0 saturated carbocycles. The second-order valence-electron chi connectivity index (χ2n) is 3.80. The van der Waals surface area contributed by atoms with Crippen LogP contribution in [0.15, 0.2) is 24.3 Å². The van der Waals surface area contributed by atoms with Crippen molar-refractivity contribution >= 4 is 5.69 Å². The molecule has 16 heavy (non-hydrogen) atoms. The number of hydrogen-bond acceptors (Lipinski definition) is 2.